The molecule has 0 bridgehead atoms. The molecule has 8 heteroatoms. The lowest BCUT2D eigenvalue weighted by Crippen LogP contribution is -2.55. The van der Waals surface area contributed by atoms with E-state index in [4.69, 9.17) is 14.2 Å². The lowest BCUT2D eigenvalue weighted by atomic mass is 10.0. The fraction of sp³-hybridized carbons (Fsp3) is 0.809. The van der Waals surface area contributed by atoms with Gasteiger partial charge in [-0.05, 0) is 44.9 Å². The summed E-state index contributed by atoms with van der Waals surface area (Å²) in [6, 6.07) is -0.730. The second-order valence-electron chi connectivity index (χ2n) is 16.3. The highest BCUT2D eigenvalue weighted by atomic mass is 16.6. The van der Waals surface area contributed by atoms with E-state index in [1.165, 1.54) is 103 Å². The SMILES string of the molecule is CC/C=C/C/C=C/C/C=C/CCCCC(=O)OC(COCCC(C(=O)[O-])[N+](C)(C)C)COC(=O)CCCCCCCCCCCCCCCCCCCCC. The molecule has 0 radical (unpaired) electrons. The molecular formula is C47H85NO7. The van der Waals surface area contributed by atoms with Gasteiger partial charge in [0.05, 0.1) is 40.3 Å². The number of hydrogen-bond donors (Lipinski definition) is 0. The molecule has 0 spiro atoms. The predicted molar refractivity (Wildman–Crippen MR) is 227 cm³/mol. The monoisotopic (exact) mass is 776 g/mol. The van der Waals surface area contributed by atoms with Crippen LogP contribution in [0.5, 0.6) is 0 Å². The Labute approximate surface area is 338 Å². The third-order valence-corrected chi connectivity index (χ3v) is 10.0. The van der Waals surface area contributed by atoms with Crippen LogP contribution in [0.25, 0.3) is 0 Å². The number of carbonyl (C=O) groups is 3. The molecule has 0 saturated carbocycles. The number of allylic oxidation sites excluding steroid dienone is 6. The Balaban J connectivity index is 4.28. The average Bonchev–Trinajstić information content (AvgIpc) is 3.14. The molecule has 8 nitrogen and oxygen atoms in total. The summed E-state index contributed by atoms with van der Waals surface area (Å²) in [6.07, 6.45) is 43.2. The van der Waals surface area contributed by atoms with Gasteiger partial charge in [0.25, 0.3) is 0 Å². The van der Waals surface area contributed by atoms with Gasteiger partial charge in [-0.25, -0.2) is 0 Å². The summed E-state index contributed by atoms with van der Waals surface area (Å²) >= 11 is 0. The van der Waals surface area contributed by atoms with E-state index in [9.17, 15) is 19.5 Å². The molecule has 0 rings (SSSR count). The number of nitrogens with zero attached hydrogens (tertiary/aromatic N) is 1. The minimum Gasteiger partial charge on any atom is -0.544 e. The van der Waals surface area contributed by atoms with Crippen LogP contribution in [-0.4, -0.2) is 75.5 Å². The molecule has 0 saturated heterocycles. The molecule has 0 aliphatic carbocycles. The lowest BCUT2D eigenvalue weighted by Gasteiger charge is -2.34. The minimum absolute atomic E-state index is 0.0275. The van der Waals surface area contributed by atoms with Crippen LogP contribution in [0.2, 0.25) is 0 Å². The fourth-order valence-electron chi connectivity index (χ4n) is 6.56. The van der Waals surface area contributed by atoms with Crippen molar-refractivity contribution in [1.29, 1.82) is 0 Å². The Morgan fingerprint density at radius 2 is 1.02 bits per heavy atom. The van der Waals surface area contributed by atoms with E-state index in [1.807, 2.05) is 0 Å². The van der Waals surface area contributed by atoms with E-state index in [0.717, 1.165) is 51.4 Å². The highest BCUT2D eigenvalue weighted by Crippen LogP contribution is 2.15. The predicted octanol–water partition coefficient (Wildman–Crippen LogP) is 10.9. The van der Waals surface area contributed by atoms with Crippen LogP contribution in [-0.2, 0) is 28.6 Å². The highest BCUT2D eigenvalue weighted by Gasteiger charge is 2.25. The second kappa shape index (κ2) is 38.4. The third-order valence-electron chi connectivity index (χ3n) is 10.0. The second-order valence-corrected chi connectivity index (χ2v) is 16.3. The van der Waals surface area contributed by atoms with Crippen molar-refractivity contribution < 1.29 is 38.2 Å². The Morgan fingerprint density at radius 3 is 1.51 bits per heavy atom. The summed E-state index contributed by atoms with van der Waals surface area (Å²) in [4.78, 5) is 36.8. The summed E-state index contributed by atoms with van der Waals surface area (Å²) in [5.41, 5.74) is 0. The molecule has 0 aromatic carbocycles. The third kappa shape index (κ3) is 36.9. The van der Waals surface area contributed by atoms with Gasteiger partial charge in [-0.15, -0.1) is 0 Å². The Bertz CT molecular complexity index is 1000. The smallest absolute Gasteiger partial charge is 0.306 e. The van der Waals surface area contributed by atoms with Crippen molar-refractivity contribution in [3.8, 4) is 0 Å². The molecule has 0 aliphatic heterocycles. The zero-order valence-corrected chi connectivity index (χ0v) is 36.3. The summed E-state index contributed by atoms with van der Waals surface area (Å²) in [6.45, 7) is 4.52. The molecule has 0 aromatic rings. The first-order chi connectivity index (χ1) is 26.6. The lowest BCUT2D eigenvalue weighted by molar-refractivity contribution is -0.889. The van der Waals surface area contributed by atoms with Crippen molar-refractivity contribution >= 4 is 17.9 Å². The maximum atomic E-state index is 12.7. The van der Waals surface area contributed by atoms with Crippen LogP contribution in [0.15, 0.2) is 36.5 Å². The summed E-state index contributed by atoms with van der Waals surface area (Å²) in [7, 11) is 5.39. The molecule has 0 N–H and O–H groups in total. The Morgan fingerprint density at radius 1 is 0.564 bits per heavy atom. The van der Waals surface area contributed by atoms with E-state index in [1.54, 1.807) is 21.1 Å². The van der Waals surface area contributed by atoms with Crippen LogP contribution in [0.4, 0.5) is 0 Å². The number of ether oxygens (including phenoxy) is 3. The molecule has 2 atom stereocenters. The van der Waals surface area contributed by atoms with Gasteiger partial charge in [-0.2, -0.15) is 0 Å². The standard InChI is InChI=1S/C47H85NO7/c1-6-8-10-12-14-16-18-20-21-22-23-24-25-26-28-29-31-33-35-37-45(49)54-42-43(41-53-40-39-44(47(51)52)48(3,4)5)55-46(50)38-36-34-32-30-27-19-17-15-13-11-9-7-2/h9,11,15,17,27,30,43-44H,6-8,10,12-14,16,18-26,28-29,31-42H2,1-5H3/b11-9+,17-15+,30-27+. The van der Waals surface area contributed by atoms with Crippen molar-refractivity contribution in [2.45, 2.75) is 206 Å². The molecule has 0 heterocycles. The molecule has 0 fully saturated rings. The largest absolute Gasteiger partial charge is 0.544 e. The number of likely N-dealkylation sites (N-methyl/N-ethyl adjacent to an activating group) is 1. The number of rotatable bonds is 40. The maximum absolute atomic E-state index is 12.7. The van der Waals surface area contributed by atoms with E-state index in [2.05, 4.69) is 50.3 Å². The van der Waals surface area contributed by atoms with E-state index in [-0.39, 0.29) is 49.1 Å². The van der Waals surface area contributed by atoms with Gasteiger partial charge in [-0.3, -0.25) is 9.59 Å². The maximum Gasteiger partial charge on any atom is 0.306 e. The average molecular weight is 776 g/mol. The number of carboxylic acid groups (broad SMARTS) is 1. The molecule has 55 heavy (non-hydrogen) atoms. The van der Waals surface area contributed by atoms with Crippen LogP contribution in [0.1, 0.15) is 194 Å². The normalized spacial score (nSPS) is 13.3. The summed E-state index contributed by atoms with van der Waals surface area (Å²) in [5.74, 6) is -1.78. The molecule has 0 aromatic heterocycles. The van der Waals surface area contributed by atoms with Crippen LogP contribution in [0, 0.1) is 0 Å². The van der Waals surface area contributed by atoms with Crippen molar-refractivity contribution in [1.82, 2.24) is 0 Å². The topological polar surface area (TPSA) is 102 Å². The zero-order chi connectivity index (χ0) is 40.7. The van der Waals surface area contributed by atoms with E-state index >= 15 is 0 Å². The zero-order valence-electron chi connectivity index (χ0n) is 36.3. The quantitative estimate of drug-likeness (QED) is 0.0264. The number of carbonyl (C=O) groups excluding carboxylic acids is 3. The van der Waals surface area contributed by atoms with Gasteiger partial charge in [-0.1, -0.05) is 166 Å². The van der Waals surface area contributed by atoms with E-state index < -0.39 is 18.1 Å². The number of carboxylic acids is 1. The van der Waals surface area contributed by atoms with Gasteiger partial charge >= 0.3 is 11.9 Å². The first-order valence-corrected chi connectivity index (χ1v) is 22.5. The van der Waals surface area contributed by atoms with Crippen molar-refractivity contribution in [3.05, 3.63) is 36.5 Å². The number of esters is 2. The minimum atomic E-state index is -1.13. The molecule has 320 valence electrons. The van der Waals surface area contributed by atoms with Gasteiger partial charge in [0, 0.05) is 19.3 Å². The van der Waals surface area contributed by atoms with Gasteiger partial charge in [0.15, 0.2) is 6.10 Å². The van der Waals surface area contributed by atoms with E-state index in [0.29, 0.717) is 12.8 Å². The highest BCUT2D eigenvalue weighted by molar-refractivity contribution is 5.70. The van der Waals surface area contributed by atoms with Crippen molar-refractivity contribution in [3.63, 3.8) is 0 Å². The first kappa shape index (κ1) is 52.6. The van der Waals surface area contributed by atoms with Crippen LogP contribution in [0.3, 0.4) is 0 Å². The summed E-state index contributed by atoms with van der Waals surface area (Å²) < 4.78 is 17.1. The van der Waals surface area contributed by atoms with Gasteiger partial charge < -0.3 is 28.6 Å². The summed E-state index contributed by atoms with van der Waals surface area (Å²) in [5, 5.41) is 11.6. The number of unbranched alkanes of at least 4 members (excludes halogenated alkanes) is 20. The first-order valence-electron chi connectivity index (χ1n) is 22.5. The molecular weight excluding hydrogens is 691 g/mol. The van der Waals surface area contributed by atoms with Crippen molar-refractivity contribution in [2.75, 3.05) is 41.0 Å². The van der Waals surface area contributed by atoms with Crippen molar-refractivity contribution in [2.24, 2.45) is 0 Å². The number of quaternary nitrogens is 1. The fourth-order valence-corrected chi connectivity index (χ4v) is 6.56. The molecule has 0 aliphatic rings. The number of hydrogen-bond acceptors (Lipinski definition) is 7. The van der Waals surface area contributed by atoms with Gasteiger partial charge in [0.1, 0.15) is 12.6 Å². The Hall–Kier alpha value is -2.45. The van der Waals surface area contributed by atoms with Crippen LogP contribution >= 0.6 is 0 Å². The molecule has 2 unspecified atom stereocenters. The number of aliphatic carboxylic acids is 1. The van der Waals surface area contributed by atoms with Gasteiger partial charge in [0.2, 0.25) is 0 Å². The molecule has 0 amide bonds. The van der Waals surface area contributed by atoms with Crippen LogP contribution < -0.4 is 5.11 Å². The Kier molecular flexibility index (Phi) is 36.7.